The first-order valence-electron chi connectivity index (χ1n) is 5.14. The van der Waals surface area contributed by atoms with Crippen molar-refractivity contribution in [1.29, 1.82) is 0 Å². The number of aromatic nitrogens is 2. The summed E-state index contributed by atoms with van der Waals surface area (Å²) in [5.74, 6) is 1.20. The number of hydrogen-bond acceptors (Lipinski definition) is 4. The van der Waals surface area contributed by atoms with Gasteiger partial charge in [0.2, 0.25) is 5.95 Å². The smallest absolute Gasteiger partial charge is 0.222 e. The number of rotatable bonds is 3. The maximum absolute atomic E-state index is 5.69. The fourth-order valence-corrected chi connectivity index (χ4v) is 1.71. The highest BCUT2D eigenvalue weighted by Gasteiger charge is 2.13. The fourth-order valence-electron chi connectivity index (χ4n) is 1.61. The van der Waals surface area contributed by atoms with Gasteiger partial charge in [0.1, 0.15) is 0 Å². The second-order valence-electron chi connectivity index (χ2n) is 3.69. The van der Waals surface area contributed by atoms with Crippen molar-refractivity contribution < 1.29 is 4.74 Å². The van der Waals surface area contributed by atoms with E-state index in [1.54, 1.807) is 12.4 Å². The lowest BCUT2D eigenvalue weighted by molar-refractivity contribution is 0.0594. The Bertz CT molecular complexity index is 298. The molecule has 2 heterocycles. The average molecular weight is 228 g/mol. The second kappa shape index (κ2) is 5.28. The highest BCUT2D eigenvalue weighted by atomic mass is 35.5. The monoisotopic (exact) mass is 227 g/mol. The number of anilines is 1. The zero-order valence-electron chi connectivity index (χ0n) is 8.45. The van der Waals surface area contributed by atoms with Crippen molar-refractivity contribution in [3.8, 4) is 0 Å². The third kappa shape index (κ3) is 3.32. The van der Waals surface area contributed by atoms with Gasteiger partial charge in [0.05, 0.1) is 24.0 Å². The number of hydrogen-bond donors (Lipinski definition) is 1. The number of nitrogens with zero attached hydrogens (tertiary/aromatic N) is 2. The van der Waals surface area contributed by atoms with Crippen LogP contribution in [-0.2, 0) is 4.74 Å². The van der Waals surface area contributed by atoms with Crippen molar-refractivity contribution in [3.05, 3.63) is 17.4 Å². The molecule has 0 bridgehead atoms. The molecular weight excluding hydrogens is 214 g/mol. The van der Waals surface area contributed by atoms with Crippen LogP contribution in [0.15, 0.2) is 12.4 Å². The van der Waals surface area contributed by atoms with Crippen molar-refractivity contribution in [2.75, 3.05) is 25.1 Å². The Kier molecular flexibility index (Phi) is 3.75. The van der Waals surface area contributed by atoms with E-state index < -0.39 is 0 Å². The zero-order valence-corrected chi connectivity index (χ0v) is 9.20. The zero-order chi connectivity index (χ0) is 10.5. The van der Waals surface area contributed by atoms with Crippen molar-refractivity contribution >= 4 is 17.5 Å². The molecule has 5 heteroatoms. The van der Waals surface area contributed by atoms with Gasteiger partial charge in [-0.2, -0.15) is 0 Å². The van der Waals surface area contributed by atoms with Crippen molar-refractivity contribution in [1.82, 2.24) is 9.97 Å². The first-order chi connectivity index (χ1) is 7.34. The molecule has 4 nitrogen and oxygen atoms in total. The summed E-state index contributed by atoms with van der Waals surface area (Å²) in [7, 11) is 0. The minimum atomic E-state index is 0.557. The first-order valence-corrected chi connectivity index (χ1v) is 5.51. The van der Waals surface area contributed by atoms with Gasteiger partial charge in [-0.05, 0) is 18.8 Å². The van der Waals surface area contributed by atoms with Crippen LogP contribution in [0, 0.1) is 5.92 Å². The van der Waals surface area contributed by atoms with Crippen molar-refractivity contribution in [3.63, 3.8) is 0 Å². The molecule has 15 heavy (non-hydrogen) atoms. The van der Waals surface area contributed by atoms with Gasteiger partial charge in [-0.25, -0.2) is 9.97 Å². The van der Waals surface area contributed by atoms with Crippen LogP contribution in [-0.4, -0.2) is 29.7 Å². The van der Waals surface area contributed by atoms with E-state index in [0.717, 1.165) is 26.2 Å². The lowest BCUT2D eigenvalue weighted by Gasteiger charge is -2.22. The Hall–Kier alpha value is -0.870. The Morgan fingerprint density at radius 2 is 2.27 bits per heavy atom. The van der Waals surface area contributed by atoms with Crippen molar-refractivity contribution in [2.24, 2.45) is 5.92 Å². The summed E-state index contributed by atoms with van der Waals surface area (Å²) in [6.07, 6.45) is 5.54. The quantitative estimate of drug-likeness (QED) is 0.858. The summed E-state index contributed by atoms with van der Waals surface area (Å²) in [4.78, 5) is 8.14. The topological polar surface area (TPSA) is 47.0 Å². The third-order valence-corrected chi connectivity index (χ3v) is 2.62. The van der Waals surface area contributed by atoms with Gasteiger partial charge in [-0.3, -0.25) is 0 Å². The van der Waals surface area contributed by atoms with E-state index in [2.05, 4.69) is 15.3 Å². The maximum atomic E-state index is 5.69. The van der Waals surface area contributed by atoms with Gasteiger partial charge in [0.15, 0.2) is 0 Å². The molecule has 1 aliphatic rings. The molecular formula is C10H14ClN3O. The molecule has 1 unspecified atom stereocenters. The summed E-state index contributed by atoms with van der Waals surface area (Å²) in [6, 6.07) is 0. The van der Waals surface area contributed by atoms with E-state index in [1.807, 2.05) is 0 Å². The van der Waals surface area contributed by atoms with E-state index in [4.69, 9.17) is 16.3 Å². The maximum Gasteiger partial charge on any atom is 0.222 e. The van der Waals surface area contributed by atoms with E-state index in [-0.39, 0.29) is 0 Å². The van der Waals surface area contributed by atoms with Crippen molar-refractivity contribution in [2.45, 2.75) is 12.8 Å². The lowest BCUT2D eigenvalue weighted by atomic mass is 10.0. The van der Waals surface area contributed by atoms with Crippen LogP contribution in [0.3, 0.4) is 0 Å². The van der Waals surface area contributed by atoms with Crippen LogP contribution in [0.4, 0.5) is 5.95 Å². The summed E-state index contributed by atoms with van der Waals surface area (Å²) in [5.41, 5.74) is 0. The van der Waals surface area contributed by atoms with Gasteiger partial charge in [-0.15, -0.1) is 0 Å². The molecule has 1 fully saturated rings. The fraction of sp³-hybridized carbons (Fsp3) is 0.600. The molecule has 1 aliphatic heterocycles. The van der Waals surface area contributed by atoms with Gasteiger partial charge >= 0.3 is 0 Å². The minimum Gasteiger partial charge on any atom is -0.381 e. The van der Waals surface area contributed by atoms with Crippen LogP contribution in [0.1, 0.15) is 12.8 Å². The molecule has 0 saturated carbocycles. The third-order valence-electron chi connectivity index (χ3n) is 2.42. The highest BCUT2D eigenvalue weighted by molar-refractivity contribution is 6.30. The van der Waals surface area contributed by atoms with Crippen LogP contribution in [0.2, 0.25) is 5.02 Å². The Balaban J connectivity index is 1.79. The average Bonchev–Trinajstić information content (AvgIpc) is 2.30. The van der Waals surface area contributed by atoms with Gasteiger partial charge in [0.25, 0.3) is 0 Å². The molecule has 1 N–H and O–H groups in total. The van der Waals surface area contributed by atoms with Gasteiger partial charge < -0.3 is 10.1 Å². The van der Waals surface area contributed by atoms with E-state index in [9.17, 15) is 0 Å². The molecule has 0 aromatic carbocycles. The number of ether oxygens (including phenoxy) is 1. The van der Waals surface area contributed by atoms with Gasteiger partial charge in [0, 0.05) is 13.2 Å². The Morgan fingerprint density at radius 1 is 1.47 bits per heavy atom. The molecule has 1 aromatic heterocycles. The molecule has 1 aromatic rings. The van der Waals surface area contributed by atoms with E-state index in [1.165, 1.54) is 6.42 Å². The molecule has 1 atom stereocenters. The Labute approximate surface area is 94.0 Å². The molecule has 0 spiro atoms. The molecule has 0 aliphatic carbocycles. The summed E-state index contributed by atoms with van der Waals surface area (Å²) in [5, 5.41) is 3.74. The molecule has 0 amide bonds. The predicted octanol–water partition coefficient (Wildman–Crippen LogP) is 1.97. The van der Waals surface area contributed by atoms with E-state index >= 15 is 0 Å². The van der Waals surface area contributed by atoms with Crippen LogP contribution < -0.4 is 5.32 Å². The largest absolute Gasteiger partial charge is 0.381 e. The lowest BCUT2D eigenvalue weighted by Crippen LogP contribution is -2.24. The Morgan fingerprint density at radius 3 is 2.93 bits per heavy atom. The van der Waals surface area contributed by atoms with Crippen LogP contribution in [0.25, 0.3) is 0 Å². The number of nitrogens with one attached hydrogen (secondary N) is 1. The predicted molar refractivity (Wildman–Crippen MR) is 59.1 cm³/mol. The first kappa shape index (κ1) is 10.6. The summed E-state index contributed by atoms with van der Waals surface area (Å²) < 4.78 is 5.39. The van der Waals surface area contributed by atoms with Gasteiger partial charge in [-0.1, -0.05) is 11.6 Å². The SMILES string of the molecule is Clc1cnc(NCC2CCCOC2)nc1. The van der Waals surface area contributed by atoms with Crippen LogP contribution in [0.5, 0.6) is 0 Å². The minimum absolute atomic E-state index is 0.557. The molecule has 1 saturated heterocycles. The number of halogens is 1. The summed E-state index contributed by atoms with van der Waals surface area (Å²) >= 11 is 5.69. The standard InChI is InChI=1S/C10H14ClN3O/c11-9-5-13-10(14-6-9)12-4-8-2-1-3-15-7-8/h5-6,8H,1-4,7H2,(H,12,13,14). The second-order valence-corrected chi connectivity index (χ2v) is 4.13. The molecule has 2 rings (SSSR count). The van der Waals surface area contributed by atoms with Crippen LogP contribution >= 0.6 is 11.6 Å². The molecule has 82 valence electrons. The highest BCUT2D eigenvalue weighted by Crippen LogP contribution is 2.14. The summed E-state index contributed by atoms with van der Waals surface area (Å²) in [6.45, 7) is 2.59. The molecule has 0 radical (unpaired) electrons. The van der Waals surface area contributed by atoms with E-state index in [0.29, 0.717) is 16.9 Å². The normalized spacial score (nSPS) is 21.3.